The van der Waals surface area contributed by atoms with Gasteiger partial charge in [-0.05, 0) is 41.0 Å². The van der Waals surface area contributed by atoms with Crippen LogP contribution in [-0.4, -0.2) is 29.9 Å². The molecule has 5 nitrogen and oxygen atoms in total. The molecule has 2 N–H and O–H groups in total. The second-order valence-corrected chi connectivity index (χ2v) is 8.49. The lowest BCUT2D eigenvalue weighted by Crippen LogP contribution is -2.46. The summed E-state index contributed by atoms with van der Waals surface area (Å²) >= 11 is 6.19. The Bertz CT molecular complexity index is 1190. The van der Waals surface area contributed by atoms with Crippen LogP contribution in [0.2, 0.25) is 5.02 Å². The Balaban J connectivity index is 1.61. The van der Waals surface area contributed by atoms with Crippen LogP contribution < -0.4 is 10.5 Å². The molecule has 0 saturated heterocycles. The Labute approximate surface area is 186 Å². The number of amides is 1. The number of nitrogens with zero attached hydrogens (tertiary/aromatic N) is 2. The normalized spacial score (nSPS) is 22.3. The number of likely N-dealkylation sites (N-methyl/N-ethyl adjacent to an activating group) is 1. The number of fused-ring (bicyclic) bond motifs is 2. The third-order valence-corrected chi connectivity index (χ3v) is 6.25. The van der Waals surface area contributed by atoms with Crippen molar-refractivity contribution in [1.82, 2.24) is 4.90 Å². The lowest BCUT2D eigenvalue weighted by atomic mass is 9.79. The summed E-state index contributed by atoms with van der Waals surface area (Å²) in [5.74, 6) is 0.762. The Morgan fingerprint density at radius 2 is 1.87 bits per heavy atom. The molecule has 0 fully saturated rings. The molecule has 1 spiro atoms. The van der Waals surface area contributed by atoms with E-state index in [-0.39, 0.29) is 18.0 Å². The number of halogens is 1. The van der Waals surface area contributed by atoms with Gasteiger partial charge in [0.2, 0.25) is 0 Å². The number of rotatable bonds is 3. The van der Waals surface area contributed by atoms with Gasteiger partial charge in [0.1, 0.15) is 11.9 Å². The van der Waals surface area contributed by atoms with Gasteiger partial charge in [0.25, 0.3) is 5.91 Å². The predicted molar refractivity (Wildman–Crippen MR) is 122 cm³/mol. The number of carbonyl (C=O) groups is 1. The Kier molecular flexibility index (Phi) is 4.71. The molecule has 2 aliphatic heterocycles. The van der Waals surface area contributed by atoms with Crippen LogP contribution in [0.25, 0.3) is 11.1 Å². The monoisotopic (exact) mass is 431 g/mol. The standard InChI is InChI=1S/C25H22ClN3O2/c1-29-23(30)25(28-24(29)27)15-20(12-16-6-3-2-4-7-16)31-22-11-10-18(14-21(22)25)17-8-5-9-19(26)13-17/h2-11,13-14,20H,12,15H2,1H3,(H2,27,28). The quantitative estimate of drug-likeness (QED) is 0.669. The fourth-order valence-electron chi connectivity index (χ4n) is 4.46. The van der Waals surface area contributed by atoms with Gasteiger partial charge in [-0.15, -0.1) is 0 Å². The third-order valence-electron chi connectivity index (χ3n) is 6.01. The number of benzene rings is 3. The minimum Gasteiger partial charge on any atom is -0.490 e. The zero-order valence-corrected chi connectivity index (χ0v) is 17.8. The van der Waals surface area contributed by atoms with Gasteiger partial charge in [0, 0.05) is 30.5 Å². The van der Waals surface area contributed by atoms with Crippen LogP contribution in [0.1, 0.15) is 17.5 Å². The number of hydrogen-bond acceptors (Lipinski definition) is 4. The van der Waals surface area contributed by atoms with E-state index in [1.165, 1.54) is 4.90 Å². The first-order valence-corrected chi connectivity index (χ1v) is 10.6. The highest BCUT2D eigenvalue weighted by Crippen LogP contribution is 2.47. The Morgan fingerprint density at radius 3 is 2.58 bits per heavy atom. The van der Waals surface area contributed by atoms with E-state index in [0.717, 1.165) is 22.3 Å². The fraction of sp³-hybridized carbons (Fsp3) is 0.200. The van der Waals surface area contributed by atoms with Gasteiger partial charge < -0.3 is 10.5 Å². The maximum Gasteiger partial charge on any atom is 0.261 e. The van der Waals surface area contributed by atoms with Crippen LogP contribution in [0.3, 0.4) is 0 Å². The van der Waals surface area contributed by atoms with E-state index in [1.807, 2.05) is 60.7 Å². The highest BCUT2D eigenvalue weighted by molar-refractivity contribution is 6.30. The van der Waals surface area contributed by atoms with Crippen molar-refractivity contribution in [3.63, 3.8) is 0 Å². The number of aliphatic imine (C=N–C) groups is 1. The molecule has 5 rings (SSSR count). The molecule has 2 unspecified atom stereocenters. The number of hydrogen-bond donors (Lipinski definition) is 1. The molecule has 0 saturated carbocycles. The summed E-state index contributed by atoms with van der Waals surface area (Å²) in [5, 5.41) is 0.656. The van der Waals surface area contributed by atoms with Crippen molar-refractivity contribution in [1.29, 1.82) is 0 Å². The second-order valence-electron chi connectivity index (χ2n) is 8.05. The van der Waals surface area contributed by atoms with Crippen LogP contribution in [0, 0.1) is 0 Å². The highest BCUT2D eigenvalue weighted by Gasteiger charge is 2.53. The van der Waals surface area contributed by atoms with Gasteiger partial charge >= 0.3 is 0 Å². The van der Waals surface area contributed by atoms with Gasteiger partial charge in [-0.3, -0.25) is 9.69 Å². The van der Waals surface area contributed by atoms with Gasteiger partial charge in [0.15, 0.2) is 11.5 Å². The van der Waals surface area contributed by atoms with Crippen molar-refractivity contribution in [2.24, 2.45) is 10.7 Å². The largest absolute Gasteiger partial charge is 0.490 e. The minimum absolute atomic E-state index is 0.129. The number of ether oxygens (including phenoxy) is 1. The van der Waals surface area contributed by atoms with E-state index in [4.69, 9.17) is 27.1 Å². The van der Waals surface area contributed by atoms with E-state index in [9.17, 15) is 4.79 Å². The molecule has 0 bridgehead atoms. The van der Waals surface area contributed by atoms with Crippen LogP contribution >= 0.6 is 11.6 Å². The Morgan fingerprint density at radius 1 is 1.10 bits per heavy atom. The number of carbonyl (C=O) groups excluding carboxylic acids is 1. The van der Waals surface area contributed by atoms with E-state index in [0.29, 0.717) is 23.6 Å². The molecule has 0 aliphatic carbocycles. The van der Waals surface area contributed by atoms with Crippen LogP contribution in [0.4, 0.5) is 0 Å². The van der Waals surface area contributed by atoms with Crippen molar-refractivity contribution >= 4 is 23.5 Å². The van der Waals surface area contributed by atoms with Gasteiger partial charge in [0.05, 0.1) is 0 Å². The molecular weight excluding hydrogens is 410 g/mol. The number of nitrogens with two attached hydrogens (primary N) is 1. The van der Waals surface area contributed by atoms with E-state index in [1.54, 1.807) is 7.05 Å². The van der Waals surface area contributed by atoms with Crippen LogP contribution in [-0.2, 0) is 16.8 Å². The van der Waals surface area contributed by atoms with Crippen molar-refractivity contribution in [3.8, 4) is 16.9 Å². The first kappa shape index (κ1) is 19.6. The second kappa shape index (κ2) is 7.43. The smallest absolute Gasteiger partial charge is 0.261 e. The molecule has 0 aromatic heterocycles. The summed E-state index contributed by atoms with van der Waals surface area (Å²) in [4.78, 5) is 19.5. The summed E-state index contributed by atoms with van der Waals surface area (Å²) in [6.07, 6.45) is 0.918. The summed E-state index contributed by atoms with van der Waals surface area (Å²) in [7, 11) is 1.66. The fourth-order valence-corrected chi connectivity index (χ4v) is 4.65. The van der Waals surface area contributed by atoms with Crippen molar-refractivity contribution in [2.75, 3.05) is 7.05 Å². The third kappa shape index (κ3) is 3.35. The van der Waals surface area contributed by atoms with Crippen LogP contribution in [0.15, 0.2) is 77.8 Å². The van der Waals surface area contributed by atoms with E-state index >= 15 is 0 Å². The molecule has 2 atom stereocenters. The maximum atomic E-state index is 13.4. The predicted octanol–water partition coefficient (Wildman–Crippen LogP) is 4.38. The first-order valence-electron chi connectivity index (χ1n) is 10.2. The lowest BCUT2D eigenvalue weighted by Gasteiger charge is -2.37. The van der Waals surface area contributed by atoms with Crippen LogP contribution in [0.5, 0.6) is 5.75 Å². The molecule has 0 radical (unpaired) electrons. The summed E-state index contributed by atoms with van der Waals surface area (Å²) in [5.41, 5.74) is 8.82. The summed E-state index contributed by atoms with van der Waals surface area (Å²) in [6, 6.07) is 23.6. The lowest BCUT2D eigenvalue weighted by molar-refractivity contribution is -0.132. The van der Waals surface area contributed by atoms with Crippen molar-refractivity contribution in [2.45, 2.75) is 24.5 Å². The average molecular weight is 432 g/mol. The molecule has 3 aromatic carbocycles. The molecule has 31 heavy (non-hydrogen) atoms. The molecule has 2 aliphatic rings. The van der Waals surface area contributed by atoms with Gasteiger partial charge in [-0.25, -0.2) is 4.99 Å². The topological polar surface area (TPSA) is 67.9 Å². The summed E-state index contributed by atoms with van der Waals surface area (Å²) < 4.78 is 6.35. The maximum absolute atomic E-state index is 13.4. The molecular formula is C25H22ClN3O2. The number of guanidine groups is 1. The SMILES string of the molecule is CN1C(=O)C2(CC(Cc3ccccc3)Oc3ccc(-c4cccc(Cl)c4)cc32)N=C1N. The molecule has 1 amide bonds. The summed E-state index contributed by atoms with van der Waals surface area (Å²) in [6.45, 7) is 0. The zero-order valence-electron chi connectivity index (χ0n) is 17.1. The molecule has 2 heterocycles. The molecule has 156 valence electrons. The van der Waals surface area contributed by atoms with Gasteiger partial charge in [-0.1, -0.05) is 60.1 Å². The minimum atomic E-state index is -1.08. The highest BCUT2D eigenvalue weighted by atomic mass is 35.5. The van der Waals surface area contributed by atoms with Gasteiger partial charge in [-0.2, -0.15) is 0 Å². The zero-order chi connectivity index (χ0) is 21.6. The van der Waals surface area contributed by atoms with Crippen molar-refractivity contribution in [3.05, 3.63) is 88.9 Å². The first-order chi connectivity index (χ1) is 15.0. The Hall–Kier alpha value is -3.31. The molecule has 6 heteroatoms. The average Bonchev–Trinajstić information content (AvgIpc) is 2.98. The van der Waals surface area contributed by atoms with Crippen molar-refractivity contribution < 1.29 is 9.53 Å². The van der Waals surface area contributed by atoms with E-state index < -0.39 is 5.54 Å². The molecule has 3 aromatic rings. The van der Waals surface area contributed by atoms with E-state index in [2.05, 4.69) is 12.1 Å².